The highest BCUT2D eigenvalue weighted by molar-refractivity contribution is 7.17. The van der Waals surface area contributed by atoms with Gasteiger partial charge in [0.05, 0.1) is 23.4 Å². The van der Waals surface area contributed by atoms with Gasteiger partial charge in [-0.2, -0.15) is 4.98 Å². The maximum atomic E-state index is 11.5. The molecule has 0 radical (unpaired) electrons. The normalized spacial score (nSPS) is 13.7. The van der Waals surface area contributed by atoms with Crippen molar-refractivity contribution in [2.75, 3.05) is 5.32 Å². The molecule has 156 valence electrons. The highest BCUT2D eigenvalue weighted by Crippen LogP contribution is 2.43. The minimum atomic E-state index is -1.03. The zero-order valence-electron chi connectivity index (χ0n) is 16.1. The maximum Gasteiger partial charge on any atom is 0.307 e. The Labute approximate surface area is 180 Å². The first-order valence-electron chi connectivity index (χ1n) is 9.27. The lowest BCUT2D eigenvalue weighted by molar-refractivity contribution is -0.137. The lowest BCUT2D eigenvalue weighted by atomic mass is 9.98. The topological polar surface area (TPSA) is 132 Å². The van der Waals surface area contributed by atoms with E-state index < -0.39 is 11.9 Å². The van der Waals surface area contributed by atoms with Crippen LogP contribution in [0.5, 0.6) is 5.88 Å². The first-order chi connectivity index (χ1) is 14.9. The molecular weight excluding hydrogens is 418 g/mol. The van der Waals surface area contributed by atoms with Gasteiger partial charge in [0.25, 0.3) is 0 Å². The van der Waals surface area contributed by atoms with Crippen molar-refractivity contribution in [3.8, 4) is 5.88 Å². The van der Waals surface area contributed by atoms with Crippen LogP contribution in [0.15, 0.2) is 53.5 Å². The van der Waals surface area contributed by atoms with Crippen molar-refractivity contribution in [1.82, 2.24) is 4.98 Å². The van der Waals surface area contributed by atoms with E-state index >= 15 is 0 Å². The monoisotopic (exact) mass is 435 g/mol. The third kappa shape index (κ3) is 4.46. The molecule has 8 nitrogen and oxygen atoms in total. The Hall–Kier alpha value is -3.98. The van der Waals surface area contributed by atoms with Crippen LogP contribution in [-0.4, -0.2) is 38.5 Å². The number of carboxylic acids is 2. The van der Waals surface area contributed by atoms with Gasteiger partial charge in [-0.15, -0.1) is 0 Å². The van der Waals surface area contributed by atoms with Crippen molar-refractivity contribution in [1.29, 1.82) is 0 Å². The summed E-state index contributed by atoms with van der Waals surface area (Å²) in [6.07, 6.45) is 1.24. The fraction of sp³-hybridized carbons (Fsp3) is 0.0909. The van der Waals surface area contributed by atoms with Crippen molar-refractivity contribution in [3.05, 3.63) is 64.5 Å². The number of thiazole rings is 1. The number of nitrogens with one attached hydrogen (secondary N) is 1. The molecule has 0 saturated carbocycles. The highest BCUT2D eigenvalue weighted by Gasteiger charge is 2.24. The Morgan fingerprint density at radius 3 is 2.45 bits per heavy atom. The SMILES string of the molecule is O=C(O)CC(=C1C=Nc2ccccc21)c1sc(Nc2ccc(CC(=O)O)cc2)nc1O. The average Bonchev–Trinajstić information content (AvgIpc) is 3.30. The molecule has 0 unspecified atom stereocenters. The van der Waals surface area contributed by atoms with Crippen LogP contribution in [-0.2, 0) is 16.0 Å². The Balaban J connectivity index is 1.66. The molecule has 0 amide bonds. The number of rotatable bonds is 7. The van der Waals surface area contributed by atoms with E-state index in [9.17, 15) is 19.8 Å². The average molecular weight is 435 g/mol. The summed E-state index contributed by atoms with van der Waals surface area (Å²) in [5.74, 6) is -2.21. The number of aromatic hydroxyl groups is 1. The minimum Gasteiger partial charge on any atom is -0.492 e. The van der Waals surface area contributed by atoms with Crippen molar-refractivity contribution in [2.24, 2.45) is 4.99 Å². The summed E-state index contributed by atoms with van der Waals surface area (Å²) in [4.78, 5) is 31.2. The number of para-hydroxylation sites is 1. The quantitative estimate of drug-likeness (QED) is 0.434. The minimum absolute atomic E-state index is 0.0718. The standard InChI is InChI=1S/C22H17N3O5S/c26-18(27)9-12-5-7-13(8-6-12)24-22-25-21(30)20(31-22)15(10-19(28)29)16-11-23-17-4-2-1-3-14(16)17/h1-8,11,30H,9-10H2,(H,24,25)(H,26,27)(H,28,29). The summed E-state index contributed by atoms with van der Waals surface area (Å²) in [7, 11) is 0. The van der Waals surface area contributed by atoms with Crippen LogP contribution >= 0.6 is 11.3 Å². The molecule has 4 rings (SSSR count). The number of aromatic nitrogens is 1. The molecule has 1 aliphatic heterocycles. The van der Waals surface area contributed by atoms with Gasteiger partial charge in [-0.05, 0) is 29.3 Å². The third-order valence-corrected chi connectivity index (χ3v) is 5.64. The van der Waals surface area contributed by atoms with E-state index in [0.29, 0.717) is 32.4 Å². The number of hydrogen-bond donors (Lipinski definition) is 4. The van der Waals surface area contributed by atoms with E-state index in [1.807, 2.05) is 24.3 Å². The Morgan fingerprint density at radius 1 is 1.00 bits per heavy atom. The molecule has 1 aromatic heterocycles. The van der Waals surface area contributed by atoms with E-state index in [4.69, 9.17) is 5.11 Å². The van der Waals surface area contributed by atoms with Gasteiger partial charge in [0.1, 0.15) is 0 Å². The van der Waals surface area contributed by atoms with Gasteiger partial charge in [-0.3, -0.25) is 14.6 Å². The molecule has 0 fully saturated rings. The van der Waals surface area contributed by atoms with Gasteiger partial charge in [-0.25, -0.2) is 0 Å². The summed E-state index contributed by atoms with van der Waals surface area (Å²) in [6, 6.07) is 14.2. The third-order valence-electron chi connectivity index (χ3n) is 4.62. The second-order valence-corrected chi connectivity index (χ2v) is 7.80. The number of aliphatic carboxylic acids is 2. The van der Waals surface area contributed by atoms with Gasteiger partial charge >= 0.3 is 11.9 Å². The van der Waals surface area contributed by atoms with Crippen molar-refractivity contribution >= 4 is 57.1 Å². The largest absolute Gasteiger partial charge is 0.492 e. The fourth-order valence-electron chi connectivity index (χ4n) is 3.27. The molecule has 4 N–H and O–H groups in total. The van der Waals surface area contributed by atoms with Crippen LogP contribution in [0.4, 0.5) is 16.5 Å². The van der Waals surface area contributed by atoms with Crippen LogP contribution in [0.1, 0.15) is 22.4 Å². The molecule has 31 heavy (non-hydrogen) atoms. The van der Waals surface area contributed by atoms with Gasteiger partial charge in [0.2, 0.25) is 5.88 Å². The molecule has 2 aromatic carbocycles. The molecule has 1 aliphatic rings. The predicted octanol–water partition coefficient (Wildman–Crippen LogP) is 4.32. The lowest BCUT2D eigenvalue weighted by Gasteiger charge is -2.07. The lowest BCUT2D eigenvalue weighted by Crippen LogP contribution is -1.99. The number of fused-ring (bicyclic) bond motifs is 1. The zero-order valence-corrected chi connectivity index (χ0v) is 16.9. The van der Waals surface area contributed by atoms with Crippen LogP contribution in [0.25, 0.3) is 11.1 Å². The van der Waals surface area contributed by atoms with Crippen LogP contribution in [0, 0.1) is 0 Å². The van der Waals surface area contributed by atoms with Crippen LogP contribution in [0.2, 0.25) is 0 Å². The number of benzene rings is 2. The molecule has 2 heterocycles. The molecule has 9 heteroatoms. The Bertz CT molecular complexity index is 1230. The number of allylic oxidation sites excluding steroid dienone is 1. The first-order valence-corrected chi connectivity index (χ1v) is 10.1. The van der Waals surface area contributed by atoms with Crippen LogP contribution < -0.4 is 5.32 Å². The fourth-order valence-corrected chi connectivity index (χ4v) is 4.21. The van der Waals surface area contributed by atoms with Crippen molar-refractivity contribution in [2.45, 2.75) is 12.8 Å². The number of nitrogens with zero attached hydrogens (tertiary/aromatic N) is 2. The van der Waals surface area contributed by atoms with E-state index in [1.165, 1.54) is 0 Å². The summed E-state index contributed by atoms with van der Waals surface area (Å²) < 4.78 is 0. The number of aliphatic imine (C=N–C) groups is 1. The molecule has 0 bridgehead atoms. The van der Waals surface area contributed by atoms with E-state index in [-0.39, 0.29) is 18.7 Å². The van der Waals surface area contributed by atoms with E-state index in [0.717, 1.165) is 22.6 Å². The number of carboxylic acid groups (broad SMARTS) is 2. The summed E-state index contributed by atoms with van der Waals surface area (Å²) in [5, 5.41) is 32.2. The van der Waals surface area contributed by atoms with Gasteiger partial charge in [0.15, 0.2) is 5.13 Å². The van der Waals surface area contributed by atoms with Gasteiger partial charge < -0.3 is 20.6 Å². The zero-order chi connectivity index (χ0) is 22.0. The van der Waals surface area contributed by atoms with Crippen molar-refractivity contribution < 1.29 is 24.9 Å². The molecule has 0 spiro atoms. The number of hydrogen-bond acceptors (Lipinski definition) is 7. The molecule has 3 aromatic rings. The van der Waals surface area contributed by atoms with E-state index in [1.54, 1.807) is 30.5 Å². The molecule has 0 atom stereocenters. The predicted molar refractivity (Wildman–Crippen MR) is 119 cm³/mol. The number of anilines is 2. The Morgan fingerprint density at radius 2 is 1.74 bits per heavy atom. The second kappa shape index (κ2) is 8.41. The van der Waals surface area contributed by atoms with Gasteiger partial charge in [-0.1, -0.05) is 41.7 Å². The highest BCUT2D eigenvalue weighted by atomic mass is 32.1. The summed E-state index contributed by atoms with van der Waals surface area (Å²) in [6.45, 7) is 0. The van der Waals surface area contributed by atoms with Crippen LogP contribution in [0.3, 0.4) is 0 Å². The molecule has 0 aliphatic carbocycles. The number of carbonyl (C=O) groups is 2. The summed E-state index contributed by atoms with van der Waals surface area (Å²) >= 11 is 1.13. The summed E-state index contributed by atoms with van der Waals surface area (Å²) in [5.41, 5.74) is 3.94. The maximum absolute atomic E-state index is 11.5. The van der Waals surface area contributed by atoms with Gasteiger partial charge in [0, 0.05) is 23.0 Å². The first kappa shape index (κ1) is 20.3. The molecular formula is C22H17N3O5S. The molecule has 0 saturated heterocycles. The Kier molecular flexibility index (Phi) is 5.50. The van der Waals surface area contributed by atoms with E-state index in [2.05, 4.69) is 15.3 Å². The second-order valence-electron chi connectivity index (χ2n) is 6.80. The van der Waals surface area contributed by atoms with Crippen molar-refractivity contribution in [3.63, 3.8) is 0 Å². The smallest absolute Gasteiger partial charge is 0.307 e.